The van der Waals surface area contributed by atoms with Gasteiger partial charge in [0.25, 0.3) is 11.8 Å². The minimum absolute atomic E-state index is 0.131. The van der Waals surface area contributed by atoms with Gasteiger partial charge in [-0.3, -0.25) is 9.59 Å². The second kappa shape index (κ2) is 6.07. The van der Waals surface area contributed by atoms with Crippen LogP contribution in [-0.2, 0) is 9.59 Å². The van der Waals surface area contributed by atoms with Crippen LogP contribution < -0.4 is 4.74 Å². The number of imide groups is 1. The molecule has 6 atom stereocenters. The quantitative estimate of drug-likeness (QED) is 0.323. The zero-order valence-electron chi connectivity index (χ0n) is 14.4. The summed E-state index contributed by atoms with van der Waals surface area (Å²) in [5.74, 6) is 3.70. The van der Waals surface area contributed by atoms with E-state index in [9.17, 15) is 9.59 Å². The lowest BCUT2D eigenvalue weighted by atomic mass is 9.63. The molecule has 0 N–H and O–H groups in total. The molecule has 6 heteroatoms. The van der Waals surface area contributed by atoms with Gasteiger partial charge in [0.1, 0.15) is 12.4 Å². The summed E-state index contributed by atoms with van der Waals surface area (Å²) in [4.78, 5) is 25.9. The number of ether oxygens (including phenoxy) is 1. The number of carbonyl (C=O) groups is 2. The molecule has 6 unspecified atom stereocenters. The van der Waals surface area contributed by atoms with Gasteiger partial charge in [0.15, 0.2) is 0 Å². The van der Waals surface area contributed by atoms with Crippen molar-refractivity contribution in [2.75, 3.05) is 6.61 Å². The number of hydrazone groups is 1. The Balaban J connectivity index is 1.43. The predicted molar refractivity (Wildman–Crippen MR) is 103 cm³/mol. The van der Waals surface area contributed by atoms with Crippen molar-refractivity contribution in [1.29, 1.82) is 0 Å². The molecule has 3 fully saturated rings. The highest BCUT2D eigenvalue weighted by molar-refractivity contribution is 9.10. The van der Waals surface area contributed by atoms with E-state index in [1.807, 2.05) is 12.1 Å². The molecule has 6 rings (SSSR count). The fraction of sp³-hybridized carbons (Fsp3) is 0.381. The van der Waals surface area contributed by atoms with E-state index in [0.29, 0.717) is 23.1 Å². The second-order valence-corrected chi connectivity index (χ2v) is 8.48. The van der Waals surface area contributed by atoms with Crippen LogP contribution in [0.2, 0.25) is 0 Å². The first-order valence-corrected chi connectivity index (χ1v) is 9.85. The molecule has 27 heavy (non-hydrogen) atoms. The van der Waals surface area contributed by atoms with Crippen LogP contribution in [0, 0.1) is 47.9 Å². The number of terminal acetylenes is 1. The Morgan fingerprint density at radius 1 is 1.22 bits per heavy atom. The number of halogens is 1. The third kappa shape index (κ3) is 2.49. The van der Waals surface area contributed by atoms with Crippen molar-refractivity contribution in [2.45, 2.75) is 6.42 Å². The average Bonchev–Trinajstić information content (AvgIpc) is 3.45. The average molecular weight is 425 g/mol. The molecule has 1 aromatic rings. The Labute approximate surface area is 165 Å². The first-order chi connectivity index (χ1) is 13.1. The molecule has 5 nitrogen and oxygen atoms in total. The normalized spacial score (nSPS) is 35.3. The third-order valence-electron chi connectivity index (χ3n) is 6.23. The smallest absolute Gasteiger partial charge is 0.254 e. The Morgan fingerprint density at radius 3 is 2.52 bits per heavy atom. The van der Waals surface area contributed by atoms with Crippen LogP contribution in [0.3, 0.4) is 0 Å². The molecule has 2 amide bonds. The van der Waals surface area contributed by atoms with Gasteiger partial charge in [-0.1, -0.05) is 34.0 Å². The summed E-state index contributed by atoms with van der Waals surface area (Å²) in [7, 11) is 0. The summed E-state index contributed by atoms with van der Waals surface area (Å²) >= 11 is 3.41. The summed E-state index contributed by atoms with van der Waals surface area (Å²) in [6.07, 6.45) is 12.2. The fourth-order valence-corrected chi connectivity index (χ4v) is 5.42. The van der Waals surface area contributed by atoms with E-state index in [1.54, 1.807) is 6.07 Å². The summed E-state index contributed by atoms with van der Waals surface area (Å²) < 4.78 is 6.36. The Morgan fingerprint density at radius 2 is 1.89 bits per heavy atom. The topological polar surface area (TPSA) is 59.0 Å². The van der Waals surface area contributed by atoms with E-state index in [4.69, 9.17) is 11.2 Å². The number of amides is 2. The van der Waals surface area contributed by atoms with Crippen molar-refractivity contribution in [3.05, 3.63) is 40.4 Å². The Hall–Kier alpha value is -2.39. The highest BCUT2D eigenvalue weighted by atomic mass is 79.9. The van der Waals surface area contributed by atoms with Gasteiger partial charge < -0.3 is 4.74 Å². The Bertz CT molecular complexity index is 911. The molecule has 5 aliphatic rings. The number of allylic oxidation sites excluding steroid dienone is 2. The van der Waals surface area contributed by atoms with Gasteiger partial charge in [0.2, 0.25) is 0 Å². The van der Waals surface area contributed by atoms with Crippen molar-refractivity contribution in [2.24, 2.45) is 40.6 Å². The van der Waals surface area contributed by atoms with Crippen LogP contribution in [-0.4, -0.2) is 29.6 Å². The first kappa shape index (κ1) is 16.8. The highest BCUT2D eigenvalue weighted by Crippen LogP contribution is 2.65. The second-order valence-electron chi connectivity index (χ2n) is 7.56. The van der Waals surface area contributed by atoms with E-state index in [-0.39, 0.29) is 42.1 Å². The van der Waals surface area contributed by atoms with Crippen LogP contribution in [0.1, 0.15) is 12.0 Å². The maximum absolute atomic E-state index is 12.9. The summed E-state index contributed by atoms with van der Waals surface area (Å²) in [5.41, 5.74) is 0.652. The van der Waals surface area contributed by atoms with Gasteiger partial charge in [0, 0.05) is 10.0 Å². The van der Waals surface area contributed by atoms with Crippen LogP contribution in [0.25, 0.3) is 0 Å². The maximum Gasteiger partial charge on any atom is 0.254 e. The zero-order valence-corrected chi connectivity index (χ0v) is 16.0. The van der Waals surface area contributed by atoms with Crippen LogP contribution >= 0.6 is 15.9 Å². The summed E-state index contributed by atoms with van der Waals surface area (Å²) in [6, 6.07) is 5.42. The minimum Gasteiger partial charge on any atom is -0.480 e. The van der Waals surface area contributed by atoms with Gasteiger partial charge in [-0.05, 0) is 48.3 Å². The molecule has 136 valence electrons. The zero-order chi connectivity index (χ0) is 18.7. The van der Waals surface area contributed by atoms with E-state index in [0.717, 1.165) is 15.9 Å². The monoisotopic (exact) mass is 424 g/mol. The van der Waals surface area contributed by atoms with E-state index < -0.39 is 0 Å². The molecular formula is C21H17BrN2O3. The predicted octanol–water partition coefficient (Wildman–Crippen LogP) is 2.85. The lowest BCUT2D eigenvalue weighted by Gasteiger charge is -2.37. The van der Waals surface area contributed by atoms with E-state index >= 15 is 0 Å². The van der Waals surface area contributed by atoms with Gasteiger partial charge in [-0.2, -0.15) is 10.1 Å². The molecule has 1 aromatic carbocycles. The SMILES string of the molecule is C#CCOc1ccc(Br)cc1/C=N/N1C(=O)C2C3C=CC(C4CC34)C2C1=O. The molecule has 0 aromatic heterocycles. The molecule has 2 bridgehead atoms. The third-order valence-corrected chi connectivity index (χ3v) is 6.73. The van der Waals surface area contributed by atoms with Crippen LogP contribution in [0.5, 0.6) is 5.75 Å². The standard InChI is InChI=1S/C21H17BrN2O3/c1-2-7-27-17-6-3-12(22)8-11(17)10-23-24-20(25)18-13-4-5-14(16-9-15(13)16)19(18)21(24)26/h1,3-6,8,10,13-16,18-19H,7,9H2/b23-10+. The number of nitrogens with zero attached hydrogens (tertiary/aromatic N) is 2. The van der Waals surface area contributed by atoms with Crippen molar-refractivity contribution >= 4 is 34.0 Å². The molecular weight excluding hydrogens is 408 g/mol. The lowest BCUT2D eigenvalue weighted by molar-refractivity contribution is -0.140. The number of carbonyl (C=O) groups excluding carboxylic acids is 2. The fourth-order valence-electron chi connectivity index (χ4n) is 5.05. The number of rotatable bonds is 4. The molecule has 0 radical (unpaired) electrons. The van der Waals surface area contributed by atoms with Crippen molar-refractivity contribution < 1.29 is 14.3 Å². The number of hydrogen-bond acceptors (Lipinski definition) is 4. The summed E-state index contributed by atoms with van der Waals surface area (Å²) in [6.45, 7) is 0.131. The van der Waals surface area contributed by atoms with Gasteiger partial charge in [-0.15, -0.1) is 6.42 Å². The number of benzene rings is 1. The molecule has 2 saturated carbocycles. The first-order valence-electron chi connectivity index (χ1n) is 9.06. The Kier molecular flexibility index (Phi) is 3.76. The van der Waals surface area contributed by atoms with Crippen LogP contribution in [0.15, 0.2) is 39.9 Å². The minimum atomic E-state index is -0.243. The lowest BCUT2D eigenvalue weighted by Crippen LogP contribution is -2.40. The number of hydrogen-bond donors (Lipinski definition) is 0. The van der Waals surface area contributed by atoms with E-state index in [1.165, 1.54) is 6.21 Å². The molecule has 1 saturated heterocycles. The largest absolute Gasteiger partial charge is 0.480 e. The van der Waals surface area contributed by atoms with Gasteiger partial charge >= 0.3 is 0 Å². The maximum atomic E-state index is 12.9. The van der Waals surface area contributed by atoms with Gasteiger partial charge in [-0.25, -0.2) is 0 Å². The van der Waals surface area contributed by atoms with Crippen LogP contribution in [0.4, 0.5) is 0 Å². The van der Waals surface area contributed by atoms with Crippen molar-refractivity contribution in [1.82, 2.24) is 5.01 Å². The van der Waals surface area contributed by atoms with Crippen molar-refractivity contribution in [3.63, 3.8) is 0 Å². The molecule has 1 heterocycles. The molecule has 4 aliphatic carbocycles. The van der Waals surface area contributed by atoms with Gasteiger partial charge in [0.05, 0.1) is 18.1 Å². The molecule has 1 aliphatic heterocycles. The highest BCUT2D eigenvalue weighted by Gasteiger charge is 2.67. The van der Waals surface area contributed by atoms with E-state index in [2.05, 4.69) is 39.1 Å². The van der Waals surface area contributed by atoms with Crippen molar-refractivity contribution in [3.8, 4) is 18.1 Å². The molecule has 0 spiro atoms. The summed E-state index contributed by atoms with van der Waals surface area (Å²) in [5, 5.41) is 5.32.